The van der Waals surface area contributed by atoms with Gasteiger partial charge in [-0.3, -0.25) is 4.21 Å². The van der Waals surface area contributed by atoms with Gasteiger partial charge in [-0.2, -0.15) is 0 Å². The summed E-state index contributed by atoms with van der Waals surface area (Å²) >= 11 is 5.69. The SMILES string of the molecule is CCCNC(CC)CS(=O)c1ccc(F)c(Cl)c1. The van der Waals surface area contributed by atoms with Crippen LogP contribution in [-0.2, 0) is 10.8 Å². The van der Waals surface area contributed by atoms with Crippen LogP contribution in [0.25, 0.3) is 0 Å². The Bertz CT molecular complexity index is 414. The van der Waals surface area contributed by atoms with Gasteiger partial charge < -0.3 is 5.32 Å². The lowest BCUT2D eigenvalue weighted by Crippen LogP contribution is -2.34. The minimum Gasteiger partial charge on any atom is -0.313 e. The van der Waals surface area contributed by atoms with Crippen LogP contribution in [0.4, 0.5) is 4.39 Å². The lowest BCUT2D eigenvalue weighted by molar-refractivity contribution is 0.534. The van der Waals surface area contributed by atoms with Crippen LogP contribution in [0.1, 0.15) is 26.7 Å². The third-order valence-corrected chi connectivity index (χ3v) is 4.46. The van der Waals surface area contributed by atoms with Gasteiger partial charge in [0.15, 0.2) is 0 Å². The molecule has 2 nitrogen and oxygen atoms in total. The van der Waals surface area contributed by atoms with Crippen LogP contribution in [0.5, 0.6) is 0 Å². The molecule has 5 heteroatoms. The number of nitrogens with one attached hydrogen (secondary N) is 1. The highest BCUT2D eigenvalue weighted by atomic mass is 35.5. The van der Waals surface area contributed by atoms with Crippen LogP contribution >= 0.6 is 11.6 Å². The fraction of sp³-hybridized carbons (Fsp3) is 0.538. The molecule has 102 valence electrons. The van der Waals surface area contributed by atoms with Crippen molar-refractivity contribution < 1.29 is 8.60 Å². The van der Waals surface area contributed by atoms with Crippen molar-refractivity contribution in [3.05, 3.63) is 29.0 Å². The Balaban J connectivity index is 2.65. The molecule has 0 aliphatic rings. The van der Waals surface area contributed by atoms with Crippen LogP contribution in [-0.4, -0.2) is 22.5 Å². The summed E-state index contributed by atoms with van der Waals surface area (Å²) in [5.41, 5.74) is 0. The van der Waals surface area contributed by atoms with Crippen molar-refractivity contribution in [2.75, 3.05) is 12.3 Å². The average Bonchev–Trinajstić information content (AvgIpc) is 2.37. The van der Waals surface area contributed by atoms with Gasteiger partial charge in [0.25, 0.3) is 0 Å². The first-order valence-corrected chi connectivity index (χ1v) is 7.85. The monoisotopic (exact) mass is 291 g/mol. The molecule has 0 saturated carbocycles. The minimum atomic E-state index is -1.15. The third-order valence-electron chi connectivity index (χ3n) is 2.68. The first-order valence-electron chi connectivity index (χ1n) is 6.15. The highest BCUT2D eigenvalue weighted by Gasteiger charge is 2.13. The first kappa shape index (κ1) is 15.6. The zero-order valence-electron chi connectivity index (χ0n) is 10.7. The fourth-order valence-corrected chi connectivity index (χ4v) is 3.19. The summed E-state index contributed by atoms with van der Waals surface area (Å²) < 4.78 is 25.1. The van der Waals surface area contributed by atoms with Crippen molar-refractivity contribution in [3.8, 4) is 0 Å². The molecule has 0 fully saturated rings. The van der Waals surface area contributed by atoms with Gasteiger partial charge >= 0.3 is 0 Å². The van der Waals surface area contributed by atoms with Gasteiger partial charge in [0.2, 0.25) is 0 Å². The maximum absolute atomic E-state index is 13.0. The smallest absolute Gasteiger partial charge is 0.141 e. The molecule has 0 aliphatic heterocycles. The third kappa shape index (κ3) is 4.67. The lowest BCUT2D eigenvalue weighted by Gasteiger charge is -2.16. The minimum absolute atomic E-state index is 0.0235. The number of halogens is 2. The van der Waals surface area contributed by atoms with E-state index in [9.17, 15) is 8.60 Å². The van der Waals surface area contributed by atoms with Gasteiger partial charge in [0.1, 0.15) is 5.82 Å². The second-order valence-corrected chi connectivity index (χ2v) is 6.05. The summed E-state index contributed by atoms with van der Waals surface area (Å²) in [7, 11) is -1.15. The first-order chi connectivity index (χ1) is 8.58. The Morgan fingerprint density at radius 3 is 2.72 bits per heavy atom. The van der Waals surface area contributed by atoms with Crippen LogP contribution in [0.2, 0.25) is 5.02 Å². The zero-order valence-corrected chi connectivity index (χ0v) is 12.3. The molecule has 18 heavy (non-hydrogen) atoms. The van der Waals surface area contributed by atoms with Crippen LogP contribution in [0, 0.1) is 5.82 Å². The molecule has 0 bridgehead atoms. The van der Waals surface area contributed by atoms with E-state index >= 15 is 0 Å². The fourth-order valence-electron chi connectivity index (χ4n) is 1.57. The number of hydrogen-bond donors (Lipinski definition) is 1. The highest BCUT2D eigenvalue weighted by molar-refractivity contribution is 7.85. The maximum Gasteiger partial charge on any atom is 0.141 e. The Hall–Kier alpha value is -0.450. The van der Waals surface area contributed by atoms with Crippen LogP contribution in [0.15, 0.2) is 23.1 Å². The van der Waals surface area contributed by atoms with E-state index in [0.29, 0.717) is 10.6 Å². The molecule has 0 radical (unpaired) electrons. The van der Waals surface area contributed by atoms with Crippen molar-refractivity contribution in [1.29, 1.82) is 0 Å². The van der Waals surface area contributed by atoms with Crippen molar-refractivity contribution in [2.45, 2.75) is 37.6 Å². The van der Waals surface area contributed by atoms with E-state index in [4.69, 9.17) is 11.6 Å². The van der Waals surface area contributed by atoms with Crippen molar-refractivity contribution in [2.24, 2.45) is 0 Å². The Morgan fingerprint density at radius 1 is 1.44 bits per heavy atom. The summed E-state index contributed by atoms with van der Waals surface area (Å²) in [5.74, 6) is 0.0481. The van der Waals surface area contributed by atoms with Gasteiger partial charge in [0, 0.05) is 16.7 Å². The molecule has 1 rings (SSSR count). The van der Waals surface area contributed by atoms with E-state index in [1.807, 2.05) is 0 Å². The molecule has 0 amide bonds. The highest BCUT2D eigenvalue weighted by Crippen LogP contribution is 2.19. The van der Waals surface area contributed by atoms with E-state index < -0.39 is 16.6 Å². The average molecular weight is 292 g/mol. The lowest BCUT2D eigenvalue weighted by atomic mass is 10.2. The van der Waals surface area contributed by atoms with E-state index in [2.05, 4.69) is 19.2 Å². The van der Waals surface area contributed by atoms with Gasteiger partial charge in [-0.25, -0.2) is 4.39 Å². The molecule has 1 aromatic rings. The second-order valence-electron chi connectivity index (χ2n) is 4.15. The predicted molar refractivity (Wildman–Crippen MR) is 75.1 cm³/mol. The van der Waals surface area contributed by atoms with E-state index in [1.165, 1.54) is 18.2 Å². The molecule has 0 saturated heterocycles. The molecule has 1 N–H and O–H groups in total. The summed E-state index contributed by atoms with van der Waals surface area (Å²) in [6, 6.07) is 4.45. The van der Waals surface area contributed by atoms with Crippen LogP contribution in [0.3, 0.4) is 0 Å². The molecule has 0 spiro atoms. The Kier molecular flexibility index (Phi) is 6.82. The number of benzene rings is 1. The van der Waals surface area contributed by atoms with Crippen molar-refractivity contribution in [1.82, 2.24) is 5.32 Å². The standard InChI is InChI=1S/C13H19ClFNOS/c1-3-7-16-10(4-2)9-18(17)11-5-6-13(15)12(14)8-11/h5-6,8,10,16H,3-4,7,9H2,1-2H3. The molecular formula is C13H19ClFNOS. The predicted octanol–water partition coefficient (Wildman–Crippen LogP) is 3.36. The van der Waals surface area contributed by atoms with E-state index in [1.54, 1.807) is 0 Å². The van der Waals surface area contributed by atoms with Crippen LogP contribution < -0.4 is 5.32 Å². The molecule has 0 aliphatic carbocycles. The van der Waals surface area contributed by atoms with Gasteiger partial charge in [-0.05, 0) is 37.6 Å². The summed E-state index contributed by atoms with van der Waals surface area (Å²) in [6.07, 6.45) is 1.96. The van der Waals surface area contributed by atoms with Gasteiger partial charge in [-0.1, -0.05) is 25.4 Å². The normalized spacial score (nSPS) is 14.4. The molecule has 0 heterocycles. The Labute approximate surface area is 115 Å². The largest absolute Gasteiger partial charge is 0.313 e. The summed E-state index contributed by atoms with van der Waals surface area (Å²) in [6.45, 7) is 5.07. The second kappa shape index (κ2) is 7.87. The molecule has 2 unspecified atom stereocenters. The summed E-state index contributed by atoms with van der Waals surface area (Å²) in [5, 5.41) is 3.37. The van der Waals surface area contributed by atoms with Gasteiger partial charge in [0.05, 0.1) is 15.8 Å². The topological polar surface area (TPSA) is 29.1 Å². The molecular weight excluding hydrogens is 273 g/mol. The van der Waals surface area contributed by atoms with E-state index in [-0.39, 0.29) is 11.1 Å². The van der Waals surface area contributed by atoms with Crippen molar-refractivity contribution in [3.63, 3.8) is 0 Å². The van der Waals surface area contributed by atoms with E-state index in [0.717, 1.165) is 19.4 Å². The molecule has 0 aromatic heterocycles. The van der Waals surface area contributed by atoms with Crippen molar-refractivity contribution >= 4 is 22.4 Å². The van der Waals surface area contributed by atoms with Gasteiger partial charge in [-0.15, -0.1) is 0 Å². The number of rotatable bonds is 7. The summed E-state index contributed by atoms with van der Waals surface area (Å²) in [4.78, 5) is 0.582. The maximum atomic E-state index is 13.0. The molecule has 1 aromatic carbocycles. The number of hydrogen-bond acceptors (Lipinski definition) is 2. The zero-order chi connectivity index (χ0) is 13.5. The Morgan fingerprint density at radius 2 is 2.17 bits per heavy atom. The molecule has 2 atom stereocenters. The quantitative estimate of drug-likeness (QED) is 0.834.